The molecule has 0 radical (unpaired) electrons. The molecule has 1 atom stereocenters. The minimum absolute atomic E-state index is 0.0535. The highest BCUT2D eigenvalue weighted by molar-refractivity contribution is 6.10. The van der Waals surface area contributed by atoms with Gasteiger partial charge in [-0.25, -0.2) is 10.4 Å². The summed E-state index contributed by atoms with van der Waals surface area (Å²) >= 11 is 0. The molecule has 0 fully saturated rings. The number of hydrogen-bond donors (Lipinski definition) is 1. The van der Waals surface area contributed by atoms with E-state index in [0.717, 1.165) is 24.0 Å². The van der Waals surface area contributed by atoms with E-state index < -0.39 is 0 Å². The third-order valence-electron chi connectivity index (χ3n) is 5.52. The fraction of sp³-hybridized carbons (Fsp3) is 0.462. The number of rotatable bonds is 7. The van der Waals surface area contributed by atoms with Crippen LogP contribution in [0.5, 0.6) is 5.75 Å². The number of carbonyl (C=O) groups excluding carboxylic acids is 2. The normalized spacial score (nSPS) is 12.4. The predicted molar refractivity (Wildman–Crippen MR) is 125 cm³/mol. The summed E-state index contributed by atoms with van der Waals surface area (Å²) in [5.74, 6) is -0.124. The van der Waals surface area contributed by atoms with Gasteiger partial charge in [0.15, 0.2) is 0 Å². The zero-order valence-electron chi connectivity index (χ0n) is 20.1. The van der Waals surface area contributed by atoms with Gasteiger partial charge in [0.1, 0.15) is 5.75 Å². The Morgan fingerprint density at radius 3 is 2.16 bits per heavy atom. The van der Waals surface area contributed by atoms with E-state index in [-0.39, 0.29) is 23.3 Å². The summed E-state index contributed by atoms with van der Waals surface area (Å²) in [6.45, 7) is 14.2. The molecule has 0 heterocycles. The van der Waals surface area contributed by atoms with Gasteiger partial charge in [0.2, 0.25) is 0 Å². The third kappa shape index (κ3) is 5.95. The number of carbonyl (C=O) groups is 2. The molecule has 0 aromatic heterocycles. The Labute approximate surface area is 186 Å². The summed E-state index contributed by atoms with van der Waals surface area (Å²) in [5, 5.41) is 1.20. The van der Waals surface area contributed by atoms with E-state index in [9.17, 15) is 9.59 Å². The quantitative estimate of drug-likeness (QED) is 0.463. The molecule has 5 nitrogen and oxygen atoms in total. The van der Waals surface area contributed by atoms with E-state index in [2.05, 4.69) is 33.1 Å². The van der Waals surface area contributed by atoms with Crippen molar-refractivity contribution in [2.45, 2.75) is 67.3 Å². The van der Waals surface area contributed by atoms with E-state index >= 15 is 0 Å². The van der Waals surface area contributed by atoms with Gasteiger partial charge >= 0.3 is 0 Å². The number of hydrogen-bond acceptors (Lipinski definition) is 4. The zero-order chi connectivity index (χ0) is 23.3. The average molecular weight is 425 g/mol. The van der Waals surface area contributed by atoms with Crippen molar-refractivity contribution in [1.82, 2.24) is 10.4 Å². The standard InChI is InChI=1S/C26H36N2O3/c1-9-11-23(26(5,6)7)27-28(24(29)20-15-17(2)14-18(3)16-20)25(30)21-12-10-13-22(31-8)19(21)4/h10,12-16,23,27H,9,11H2,1-8H3. The van der Waals surface area contributed by atoms with Crippen LogP contribution in [0.2, 0.25) is 0 Å². The molecule has 0 bridgehead atoms. The van der Waals surface area contributed by atoms with Crippen molar-refractivity contribution < 1.29 is 14.3 Å². The van der Waals surface area contributed by atoms with Gasteiger partial charge in [0.25, 0.3) is 11.8 Å². The first-order valence-electron chi connectivity index (χ1n) is 10.9. The second-order valence-electron chi connectivity index (χ2n) is 9.29. The summed E-state index contributed by atoms with van der Waals surface area (Å²) in [5.41, 5.74) is 6.75. The summed E-state index contributed by atoms with van der Waals surface area (Å²) < 4.78 is 5.39. The van der Waals surface area contributed by atoms with Gasteiger partial charge in [0, 0.05) is 22.7 Å². The maximum atomic E-state index is 13.7. The number of benzene rings is 2. The summed E-state index contributed by atoms with van der Waals surface area (Å²) in [6.07, 6.45) is 1.78. The second kappa shape index (κ2) is 10.1. The Morgan fingerprint density at radius 1 is 1.03 bits per heavy atom. The second-order valence-corrected chi connectivity index (χ2v) is 9.29. The van der Waals surface area contributed by atoms with Crippen molar-refractivity contribution in [1.29, 1.82) is 0 Å². The first-order valence-corrected chi connectivity index (χ1v) is 10.9. The van der Waals surface area contributed by atoms with Crippen molar-refractivity contribution in [2.24, 2.45) is 5.41 Å². The molecule has 2 aromatic carbocycles. The number of aryl methyl sites for hydroxylation is 2. The van der Waals surface area contributed by atoms with Gasteiger partial charge in [0.05, 0.1) is 7.11 Å². The Hall–Kier alpha value is -2.66. The Morgan fingerprint density at radius 2 is 1.65 bits per heavy atom. The molecule has 1 N–H and O–H groups in total. The molecule has 0 aliphatic carbocycles. The topological polar surface area (TPSA) is 58.6 Å². The van der Waals surface area contributed by atoms with Crippen LogP contribution in [0, 0.1) is 26.2 Å². The molecular formula is C26H36N2O3. The minimum Gasteiger partial charge on any atom is -0.496 e. The fourth-order valence-electron chi connectivity index (χ4n) is 3.76. The van der Waals surface area contributed by atoms with Crippen LogP contribution in [0.1, 0.15) is 77.9 Å². The zero-order valence-corrected chi connectivity index (χ0v) is 20.1. The lowest BCUT2D eigenvalue weighted by Gasteiger charge is -2.36. The molecule has 168 valence electrons. The van der Waals surface area contributed by atoms with Crippen molar-refractivity contribution in [3.63, 3.8) is 0 Å². The summed E-state index contributed by atoms with van der Waals surface area (Å²) in [7, 11) is 1.57. The molecule has 31 heavy (non-hydrogen) atoms. The molecule has 0 spiro atoms. The van der Waals surface area contributed by atoms with Gasteiger partial charge in [-0.3, -0.25) is 9.59 Å². The molecule has 2 amide bonds. The highest BCUT2D eigenvalue weighted by atomic mass is 16.5. The van der Waals surface area contributed by atoms with E-state index in [4.69, 9.17) is 4.74 Å². The maximum Gasteiger partial charge on any atom is 0.275 e. The van der Waals surface area contributed by atoms with E-state index in [1.165, 1.54) is 5.01 Å². The fourth-order valence-corrected chi connectivity index (χ4v) is 3.76. The van der Waals surface area contributed by atoms with Crippen LogP contribution in [-0.2, 0) is 0 Å². The third-order valence-corrected chi connectivity index (χ3v) is 5.52. The van der Waals surface area contributed by atoms with Gasteiger partial charge in [-0.1, -0.05) is 57.4 Å². The van der Waals surface area contributed by atoms with Gasteiger partial charge < -0.3 is 4.74 Å². The van der Waals surface area contributed by atoms with Crippen LogP contribution in [0.4, 0.5) is 0 Å². The molecule has 5 heteroatoms. The van der Waals surface area contributed by atoms with E-state index in [1.54, 1.807) is 19.2 Å². The molecule has 0 aliphatic heterocycles. The summed E-state index contributed by atoms with van der Waals surface area (Å²) in [6, 6.07) is 10.9. The molecule has 0 saturated heterocycles. The van der Waals surface area contributed by atoms with Crippen LogP contribution >= 0.6 is 0 Å². The van der Waals surface area contributed by atoms with Crippen LogP contribution in [-0.4, -0.2) is 30.0 Å². The smallest absolute Gasteiger partial charge is 0.275 e. The molecule has 0 saturated carbocycles. The number of methoxy groups -OCH3 is 1. The van der Waals surface area contributed by atoms with Crippen molar-refractivity contribution >= 4 is 11.8 Å². The van der Waals surface area contributed by atoms with Crippen LogP contribution < -0.4 is 10.2 Å². The number of amides is 2. The monoisotopic (exact) mass is 424 g/mol. The molecule has 1 unspecified atom stereocenters. The molecular weight excluding hydrogens is 388 g/mol. The minimum atomic E-state index is -0.383. The van der Waals surface area contributed by atoms with E-state index in [1.807, 2.05) is 45.0 Å². The lowest BCUT2D eigenvalue weighted by atomic mass is 9.84. The Bertz CT molecular complexity index is 924. The Kier molecular flexibility index (Phi) is 8.02. The van der Waals surface area contributed by atoms with Gasteiger partial charge in [-0.15, -0.1) is 0 Å². The van der Waals surface area contributed by atoms with Crippen LogP contribution in [0.3, 0.4) is 0 Å². The number of nitrogens with one attached hydrogen (secondary N) is 1. The number of hydrazine groups is 1. The lowest BCUT2D eigenvalue weighted by Crippen LogP contribution is -2.55. The predicted octanol–water partition coefficient (Wildman–Crippen LogP) is 5.62. The number of nitrogens with zero attached hydrogens (tertiary/aromatic N) is 1. The maximum absolute atomic E-state index is 13.7. The first kappa shape index (κ1) is 24.6. The lowest BCUT2D eigenvalue weighted by molar-refractivity contribution is 0.0424. The Balaban J connectivity index is 2.56. The molecule has 2 rings (SSSR count). The van der Waals surface area contributed by atoms with Crippen LogP contribution in [0.25, 0.3) is 0 Å². The first-order chi connectivity index (χ1) is 14.5. The van der Waals surface area contributed by atoms with E-state index in [0.29, 0.717) is 22.4 Å². The van der Waals surface area contributed by atoms with Crippen molar-refractivity contribution in [3.05, 3.63) is 64.2 Å². The van der Waals surface area contributed by atoms with Gasteiger partial charge in [-0.2, -0.15) is 0 Å². The summed E-state index contributed by atoms with van der Waals surface area (Å²) in [4.78, 5) is 27.3. The van der Waals surface area contributed by atoms with Gasteiger partial charge in [-0.05, 0) is 56.9 Å². The van der Waals surface area contributed by atoms with Crippen LogP contribution in [0.15, 0.2) is 36.4 Å². The largest absolute Gasteiger partial charge is 0.496 e. The highest BCUT2D eigenvalue weighted by Gasteiger charge is 2.32. The van der Waals surface area contributed by atoms with Crippen molar-refractivity contribution in [2.75, 3.05) is 7.11 Å². The molecule has 0 aliphatic rings. The number of imide groups is 1. The highest BCUT2D eigenvalue weighted by Crippen LogP contribution is 2.26. The SMILES string of the molecule is CCCC(NN(C(=O)c1cc(C)cc(C)c1)C(=O)c1cccc(OC)c1C)C(C)(C)C. The average Bonchev–Trinajstić information content (AvgIpc) is 2.68. The number of ether oxygens (including phenoxy) is 1. The molecule has 2 aromatic rings. The van der Waals surface area contributed by atoms with Crippen molar-refractivity contribution in [3.8, 4) is 5.75 Å².